The van der Waals surface area contributed by atoms with Crippen LogP contribution in [-0.2, 0) is 0 Å². The Morgan fingerprint density at radius 3 is 1.83 bits per heavy atom. The maximum Gasteiger partial charge on any atom is 0.207 e. The minimum Gasteiger partial charge on any atom is -0.364 e. The van der Waals surface area contributed by atoms with E-state index >= 15 is 0 Å². The lowest BCUT2D eigenvalue weighted by Gasteiger charge is -2.06. The molecule has 0 saturated heterocycles. The average Bonchev–Trinajstić information content (AvgIpc) is 2.62. The molecule has 0 spiro atoms. The summed E-state index contributed by atoms with van der Waals surface area (Å²) >= 11 is 10.1. The molecule has 0 aliphatic heterocycles. The van der Waals surface area contributed by atoms with E-state index in [0.717, 1.165) is 11.3 Å². The highest BCUT2D eigenvalue weighted by atomic mass is 32.1. The highest BCUT2D eigenvalue weighted by Crippen LogP contribution is 1.99. The third-order valence-corrected chi connectivity index (χ3v) is 3.40. The lowest BCUT2D eigenvalue weighted by atomic mass is 10.1. The van der Waals surface area contributed by atoms with E-state index in [1.165, 1.54) is 0 Å². The van der Waals surface area contributed by atoms with E-state index in [4.69, 9.17) is 24.4 Å². The molecule has 1 rings (SSSR count). The molecule has 0 fully saturated rings. The van der Waals surface area contributed by atoms with Crippen LogP contribution in [0.5, 0.6) is 0 Å². The van der Waals surface area contributed by atoms with Gasteiger partial charge in [0.2, 0.25) is 5.11 Å². The van der Waals surface area contributed by atoms with Crippen LogP contribution >= 0.6 is 24.4 Å². The molecule has 1 aromatic carbocycles. The monoisotopic (exact) mass is 363 g/mol. The van der Waals surface area contributed by atoms with Gasteiger partial charge in [-0.05, 0) is 50.8 Å². The van der Waals surface area contributed by atoms with Crippen LogP contribution in [0.15, 0.2) is 45.6 Å². The molecule has 128 valence electrons. The molecule has 0 amide bonds. The lowest BCUT2D eigenvalue weighted by Crippen LogP contribution is -2.32. The molecule has 9 heteroatoms. The molecule has 0 heterocycles. The number of rotatable bonds is 5. The van der Waals surface area contributed by atoms with Crippen LogP contribution < -0.4 is 21.6 Å². The molecular formula is C15H21N7S2. The van der Waals surface area contributed by atoms with Gasteiger partial charge in [0.05, 0.1) is 17.1 Å². The third kappa shape index (κ3) is 7.25. The van der Waals surface area contributed by atoms with Crippen molar-refractivity contribution in [3.05, 3.63) is 35.9 Å². The molecule has 24 heavy (non-hydrogen) atoms. The molecule has 0 aliphatic rings. The molecule has 0 radical (unpaired) electrons. The molecule has 0 aliphatic carbocycles. The average molecular weight is 364 g/mol. The Hall–Kier alpha value is -2.39. The lowest BCUT2D eigenvalue weighted by molar-refractivity contribution is 0.925. The Bertz CT molecular complexity index is 666. The molecule has 0 unspecified atom stereocenters. The van der Waals surface area contributed by atoms with Crippen LogP contribution in [0.25, 0.3) is 0 Å². The van der Waals surface area contributed by atoms with E-state index in [0.29, 0.717) is 16.5 Å². The van der Waals surface area contributed by atoms with Crippen molar-refractivity contribution in [2.24, 2.45) is 15.3 Å². The summed E-state index contributed by atoms with van der Waals surface area (Å²) in [6, 6.07) is 9.81. The van der Waals surface area contributed by atoms with E-state index in [2.05, 4.69) is 36.9 Å². The summed E-state index contributed by atoms with van der Waals surface area (Å²) in [7, 11) is 1.71. The molecule has 4 N–H and O–H groups in total. The summed E-state index contributed by atoms with van der Waals surface area (Å²) in [4.78, 5) is 0. The second-order valence-corrected chi connectivity index (χ2v) is 5.52. The van der Waals surface area contributed by atoms with E-state index in [9.17, 15) is 0 Å². The van der Waals surface area contributed by atoms with Gasteiger partial charge in [0.25, 0.3) is 0 Å². The molecule has 0 atom stereocenters. The van der Waals surface area contributed by atoms with Gasteiger partial charge in [0, 0.05) is 7.05 Å². The number of nitrogens with zero attached hydrogens (tertiary/aromatic N) is 3. The SMILES string of the molecule is CNC(=S)N/N=C(C)/C(C)=N/NC(=S)N/N=C(\C)c1ccccc1. The summed E-state index contributed by atoms with van der Waals surface area (Å²) in [5.74, 6) is 0. The summed E-state index contributed by atoms with van der Waals surface area (Å²) in [6.45, 7) is 5.50. The van der Waals surface area contributed by atoms with Crippen molar-refractivity contribution in [2.75, 3.05) is 7.05 Å². The van der Waals surface area contributed by atoms with Crippen molar-refractivity contribution in [3.8, 4) is 0 Å². The first-order valence-electron chi connectivity index (χ1n) is 7.16. The first-order chi connectivity index (χ1) is 11.4. The van der Waals surface area contributed by atoms with Crippen LogP contribution in [0.1, 0.15) is 26.3 Å². The van der Waals surface area contributed by atoms with Gasteiger partial charge in [-0.2, -0.15) is 15.3 Å². The predicted molar refractivity (Wildman–Crippen MR) is 109 cm³/mol. The number of thiocarbonyl (C=S) groups is 2. The topological polar surface area (TPSA) is 85.2 Å². The standard InChI is InChI=1S/C15H21N7S2/c1-10(17-20-14(23)16-4)11(2)18-21-15(24)22-19-12(3)13-8-6-5-7-9-13/h5-9H,1-4H3,(H2,16,20,23)(H2,21,22,24)/b17-10+,18-11+,19-12+. The van der Waals surface area contributed by atoms with Gasteiger partial charge in [-0.15, -0.1) is 0 Å². The fraction of sp³-hybridized carbons (Fsp3) is 0.267. The number of benzene rings is 1. The van der Waals surface area contributed by atoms with Crippen molar-refractivity contribution in [2.45, 2.75) is 20.8 Å². The highest BCUT2D eigenvalue weighted by Gasteiger charge is 2.00. The maximum absolute atomic E-state index is 5.13. The zero-order chi connectivity index (χ0) is 17.9. The summed E-state index contributed by atoms with van der Waals surface area (Å²) in [5.41, 5.74) is 11.3. The molecule has 0 bridgehead atoms. The second kappa shape index (κ2) is 10.4. The summed E-state index contributed by atoms with van der Waals surface area (Å²) in [6.07, 6.45) is 0. The van der Waals surface area contributed by atoms with E-state index in [1.807, 2.05) is 37.3 Å². The second-order valence-electron chi connectivity index (χ2n) is 4.70. The summed E-state index contributed by atoms with van der Waals surface area (Å²) in [5, 5.41) is 15.9. The predicted octanol–water partition coefficient (Wildman–Crippen LogP) is 1.72. The number of hydrogen-bond acceptors (Lipinski definition) is 5. The fourth-order valence-electron chi connectivity index (χ4n) is 1.39. The van der Waals surface area contributed by atoms with Gasteiger partial charge < -0.3 is 5.32 Å². The van der Waals surface area contributed by atoms with E-state index in [-0.39, 0.29) is 5.11 Å². The van der Waals surface area contributed by atoms with Gasteiger partial charge in [-0.3, -0.25) is 16.3 Å². The first-order valence-corrected chi connectivity index (χ1v) is 7.98. The molecule has 0 aromatic heterocycles. The van der Waals surface area contributed by atoms with Gasteiger partial charge in [-0.25, -0.2) is 0 Å². The highest BCUT2D eigenvalue weighted by molar-refractivity contribution is 7.80. The van der Waals surface area contributed by atoms with Crippen LogP contribution in [0.2, 0.25) is 0 Å². The Morgan fingerprint density at radius 2 is 1.29 bits per heavy atom. The molecule has 1 aromatic rings. The van der Waals surface area contributed by atoms with Crippen molar-refractivity contribution in [1.82, 2.24) is 21.6 Å². The number of nitrogens with one attached hydrogen (secondary N) is 4. The quantitative estimate of drug-likeness (QED) is 0.362. The Kier molecular flexibility index (Phi) is 8.52. The largest absolute Gasteiger partial charge is 0.364 e. The van der Waals surface area contributed by atoms with Gasteiger partial charge >= 0.3 is 0 Å². The smallest absolute Gasteiger partial charge is 0.207 e. The Balaban J connectivity index is 2.54. The Morgan fingerprint density at radius 1 is 0.792 bits per heavy atom. The zero-order valence-electron chi connectivity index (χ0n) is 14.0. The molecule has 7 nitrogen and oxygen atoms in total. The minimum atomic E-state index is 0.288. The van der Waals surface area contributed by atoms with E-state index < -0.39 is 0 Å². The fourth-order valence-corrected chi connectivity index (χ4v) is 1.53. The van der Waals surface area contributed by atoms with Crippen LogP contribution in [0.3, 0.4) is 0 Å². The third-order valence-electron chi connectivity index (χ3n) is 2.92. The Labute approximate surface area is 152 Å². The normalized spacial score (nSPS) is 12.4. The maximum atomic E-state index is 5.13. The van der Waals surface area contributed by atoms with Crippen LogP contribution in [0.4, 0.5) is 0 Å². The van der Waals surface area contributed by atoms with Crippen molar-refractivity contribution in [1.29, 1.82) is 0 Å². The number of hydrogen-bond donors (Lipinski definition) is 4. The minimum absolute atomic E-state index is 0.288. The first kappa shape index (κ1) is 19.7. The van der Waals surface area contributed by atoms with Crippen molar-refractivity contribution < 1.29 is 0 Å². The van der Waals surface area contributed by atoms with Crippen LogP contribution in [-0.4, -0.2) is 34.4 Å². The van der Waals surface area contributed by atoms with E-state index in [1.54, 1.807) is 20.9 Å². The number of hydrazone groups is 3. The van der Waals surface area contributed by atoms with Crippen LogP contribution in [0, 0.1) is 0 Å². The van der Waals surface area contributed by atoms with Gasteiger partial charge in [-0.1, -0.05) is 30.3 Å². The molecule has 0 saturated carbocycles. The zero-order valence-corrected chi connectivity index (χ0v) is 15.7. The van der Waals surface area contributed by atoms with Crippen molar-refractivity contribution >= 4 is 51.8 Å². The van der Waals surface area contributed by atoms with Gasteiger partial charge in [0.15, 0.2) is 5.11 Å². The summed E-state index contributed by atoms with van der Waals surface area (Å²) < 4.78 is 0. The van der Waals surface area contributed by atoms with Crippen molar-refractivity contribution in [3.63, 3.8) is 0 Å². The van der Waals surface area contributed by atoms with Gasteiger partial charge in [0.1, 0.15) is 0 Å². The molecular weight excluding hydrogens is 342 g/mol.